The van der Waals surface area contributed by atoms with Crippen molar-refractivity contribution in [2.45, 2.75) is 13.1 Å². The van der Waals surface area contributed by atoms with Crippen molar-refractivity contribution in [2.75, 3.05) is 11.1 Å². The number of carbonyl (C=O) groups excluding carboxylic acids is 1. The van der Waals surface area contributed by atoms with E-state index in [1.807, 2.05) is 0 Å². The van der Waals surface area contributed by atoms with Crippen LogP contribution in [0.3, 0.4) is 0 Å². The fourth-order valence-electron chi connectivity index (χ4n) is 4.01. The molecule has 0 spiro atoms. The van der Waals surface area contributed by atoms with Crippen LogP contribution in [0.5, 0.6) is 5.75 Å². The normalized spacial score (nSPS) is 11.5. The Labute approximate surface area is 217 Å². The van der Waals surface area contributed by atoms with Crippen molar-refractivity contribution in [3.05, 3.63) is 84.0 Å². The number of aryl methyl sites for hydroxylation is 1. The second kappa shape index (κ2) is 9.59. The predicted molar refractivity (Wildman–Crippen MR) is 134 cm³/mol. The SMILES string of the molecule is Cc1ccc(C(=O)Nc2cc(C(F)(F)F)ncn2)cc1-c1cc2cnc(N)nc2c(-c2ccc(F)nc2)c1O. The van der Waals surface area contributed by atoms with Crippen molar-refractivity contribution in [3.63, 3.8) is 0 Å². The molecule has 13 heteroatoms. The molecular weight excluding hydrogens is 518 g/mol. The first-order chi connectivity index (χ1) is 18.5. The highest BCUT2D eigenvalue weighted by molar-refractivity contribution is 6.06. The van der Waals surface area contributed by atoms with Crippen molar-refractivity contribution in [1.82, 2.24) is 24.9 Å². The van der Waals surface area contributed by atoms with Crippen molar-refractivity contribution in [3.8, 4) is 28.0 Å². The second-order valence-corrected chi connectivity index (χ2v) is 8.45. The number of carbonyl (C=O) groups is 1. The molecule has 1 amide bonds. The molecular formula is C26H17F4N7O2. The Kier molecular flexibility index (Phi) is 6.26. The highest BCUT2D eigenvalue weighted by atomic mass is 19.4. The highest BCUT2D eigenvalue weighted by Gasteiger charge is 2.33. The lowest BCUT2D eigenvalue weighted by molar-refractivity contribution is -0.141. The molecule has 196 valence electrons. The number of halogens is 4. The van der Waals surface area contributed by atoms with E-state index in [-0.39, 0.29) is 28.6 Å². The molecule has 5 rings (SSSR count). The number of aromatic nitrogens is 5. The van der Waals surface area contributed by atoms with E-state index in [1.165, 1.54) is 30.6 Å². The monoisotopic (exact) mass is 535 g/mol. The number of nitrogens with two attached hydrogens (primary N) is 1. The quantitative estimate of drug-likeness (QED) is 0.212. The number of benzene rings is 2. The van der Waals surface area contributed by atoms with Gasteiger partial charge in [-0.05, 0) is 48.4 Å². The summed E-state index contributed by atoms with van der Waals surface area (Å²) in [5.74, 6) is -2.06. The Hall–Kier alpha value is -5.20. The summed E-state index contributed by atoms with van der Waals surface area (Å²) in [6.45, 7) is 1.75. The number of phenols is 1. The minimum atomic E-state index is -4.71. The number of phenolic OH excluding ortho intramolecular Hbond substituents is 1. The van der Waals surface area contributed by atoms with Crippen LogP contribution >= 0.6 is 0 Å². The molecule has 0 saturated carbocycles. The number of nitrogen functional groups attached to an aromatic ring is 1. The summed E-state index contributed by atoms with van der Waals surface area (Å²) in [5.41, 5.74) is 6.93. The first-order valence-electron chi connectivity index (χ1n) is 11.2. The fourth-order valence-corrected chi connectivity index (χ4v) is 4.01. The average Bonchev–Trinajstić information content (AvgIpc) is 2.89. The molecule has 0 unspecified atom stereocenters. The molecule has 0 atom stereocenters. The van der Waals surface area contributed by atoms with E-state index in [1.54, 1.807) is 19.1 Å². The smallest absolute Gasteiger partial charge is 0.433 e. The van der Waals surface area contributed by atoms with Gasteiger partial charge in [0.2, 0.25) is 11.9 Å². The minimum absolute atomic E-state index is 0.0424. The zero-order valence-electron chi connectivity index (χ0n) is 20.0. The van der Waals surface area contributed by atoms with E-state index >= 15 is 0 Å². The van der Waals surface area contributed by atoms with Crippen LogP contribution in [0.4, 0.5) is 29.3 Å². The summed E-state index contributed by atoms with van der Waals surface area (Å²) < 4.78 is 52.5. The molecule has 0 bridgehead atoms. The Morgan fingerprint density at radius 2 is 1.77 bits per heavy atom. The number of aromatic hydroxyl groups is 1. The first kappa shape index (κ1) is 25.4. The summed E-state index contributed by atoms with van der Waals surface area (Å²) in [5, 5.41) is 14.2. The van der Waals surface area contributed by atoms with Crippen molar-refractivity contribution in [1.29, 1.82) is 0 Å². The summed E-state index contributed by atoms with van der Waals surface area (Å²) >= 11 is 0. The summed E-state index contributed by atoms with van der Waals surface area (Å²) in [7, 11) is 0. The Bertz CT molecular complexity index is 1740. The third kappa shape index (κ3) is 5.01. The van der Waals surface area contributed by atoms with E-state index in [9.17, 15) is 27.5 Å². The Balaban J connectivity index is 1.61. The lowest BCUT2D eigenvalue weighted by atomic mass is 9.92. The molecule has 9 nitrogen and oxygen atoms in total. The van der Waals surface area contributed by atoms with Crippen LogP contribution in [-0.4, -0.2) is 35.9 Å². The van der Waals surface area contributed by atoms with Gasteiger partial charge in [0.25, 0.3) is 5.91 Å². The summed E-state index contributed by atoms with van der Waals surface area (Å²) in [4.78, 5) is 31.7. The molecule has 0 aliphatic rings. The largest absolute Gasteiger partial charge is 0.507 e. The van der Waals surface area contributed by atoms with Gasteiger partial charge in [-0.1, -0.05) is 6.07 Å². The fraction of sp³-hybridized carbons (Fsp3) is 0.0769. The van der Waals surface area contributed by atoms with Crippen molar-refractivity contribution < 1.29 is 27.5 Å². The third-order valence-electron chi connectivity index (χ3n) is 5.87. The van der Waals surface area contributed by atoms with Gasteiger partial charge >= 0.3 is 6.18 Å². The zero-order valence-corrected chi connectivity index (χ0v) is 20.0. The molecule has 0 aliphatic heterocycles. The number of fused-ring (bicyclic) bond motifs is 1. The van der Waals surface area contributed by atoms with E-state index in [4.69, 9.17) is 5.73 Å². The lowest BCUT2D eigenvalue weighted by Crippen LogP contribution is -2.15. The van der Waals surface area contributed by atoms with Gasteiger partial charge in [-0.2, -0.15) is 17.6 Å². The third-order valence-corrected chi connectivity index (χ3v) is 5.87. The van der Waals surface area contributed by atoms with Crippen LogP contribution in [0.1, 0.15) is 21.6 Å². The molecule has 3 aromatic heterocycles. The number of nitrogens with one attached hydrogen (secondary N) is 1. The molecule has 2 aromatic carbocycles. The lowest BCUT2D eigenvalue weighted by Gasteiger charge is -2.16. The summed E-state index contributed by atoms with van der Waals surface area (Å²) in [6, 6.07) is 9.35. The maximum Gasteiger partial charge on any atom is 0.433 e. The zero-order chi connectivity index (χ0) is 27.9. The second-order valence-electron chi connectivity index (χ2n) is 8.45. The van der Waals surface area contributed by atoms with Gasteiger partial charge in [-0.15, -0.1) is 0 Å². The van der Waals surface area contributed by atoms with Crippen LogP contribution in [0.15, 0.2) is 61.2 Å². The number of nitrogens with zero attached hydrogens (tertiary/aromatic N) is 5. The molecule has 5 aromatic rings. The maximum absolute atomic E-state index is 13.5. The van der Waals surface area contributed by atoms with Gasteiger partial charge in [0, 0.05) is 40.5 Å². The molecule has 0 fully saturated rings. The van der Waals surface area contributed by atoms with Gasteiger partial charge < -0.3 is 16.2 Å². The van der Waals surface area contributed by atoms with Crippen molar-refractivity contribution in [2.24, 2.45) is 0 Å². The van der Waals surface area contributed by atoms with Crippen molar-refractivity contribution >= 4 is 28.6 Å². The summed E-state index contributed by atoms with van der Waals surface area (Å²) in [6.07, 6.45) is -1.31. The standard InChI is InChI=1S/C26H17F4N7O2/c1-12-2-3-13(24(39)36-20-8-18(26(28,29)30)34-11-35-20)6-16(12)17-7-15-10-33-25(31)37-22(15)21(23(17)38)14-4-5-19(27)32-9-14/h2-11,38H,1H3,(H2,31,33,37)(H,34,35,36,39). The molecule has 0 radical (unpaired) electrons. The van der Waals surface area contributed by atoms with Crippen LogP contribution in [0.25, 0.3) is 33.2 Å². The number of alkyl halides is 3. The average molecular weight is 535 g/mol. The van der Waals surface area contributed by atoms with Crippen LogP contribution < -0.4 is 11.1 Å². The number of hydrogen-bond donors (Lipinski definition) is 3. The first-order valence-corrected chi connectivity index (χ1v) is 11.2. The topological polar surface area (TPSA) is 140 Å². The Morgan fingerprint density at radius 3 is 2.49 bits per heavy atom. The minimum Gasteiger partial charge on any atom is -0.507 e. The highest BCUT2D eigenvalue weighted by Crippen LogP contribution is 2.44. The van der Waals surface area contributed by atoms with Gasteiger partial charge in [-0.3, -0.25) is 4.79 Å². The van der Waals surface area contributed by atoms with Crippen LogP contribution in [0, 0.1) is 12.9 Å². The predicted octanol–water partition coefficient (Wildman–Crippen LogP) is 5.16. The van der Waals surface area contributed by atoms with Gasteiger partial charge in [0.15, 0.2) is 0 Å². The maximum atomic E-state index is 13.5. The van der Waals surface area contributed by atoms with Gasteiger partial charge in [0.1, 0.15) is 23.6 Å². The number of rotatable bonds is 4. The molecule has 0 aliphatic carbocycles. The number of pyridine rings is 1. The molecule has 3 heterocycles. The van der Waals surface area contributed by atoms with E-state index in [2.05, 4.69) is 30.2 Å². The number of anilines is 2. The van der Waals surface area contributed by atoms with Crippen LogP contribution in [-0.2, 0) is 6.18 Å². The van der Waals surface area contributed by atoms with Gasteiger partial charge in [-0.25, -0.2) is 24.9 Å². The number of hydrogen-bond acceptors (Lipinski definition) is 8. The Morgan fingerprint density at radius 1 is 0.974 bits per heavy atom. The van der Waals surface area contributed by atoms with E-state index in [0.717, 1.165) is 6.07 Å². The molecule has 0 saturated heterocycles. The molecule has 4 N–H and O–H groups in total. The van der Waals surface area contributed by atoms with Gasteiger partial charge in [0.05, 0.1) is 11.1 Å². The molecule has 39 heavy (non-hydrogen) atoms. The van der Waals surface area contributed by atoms with Crippen LogP contribution in [0.2, 0.25) is 0 Å². The van der Waals surface area contributed by atoms with E-state index < -0.39 is 23.7 Å². The number of amides is 1. The van der Waals surface area contributed by atoms with E-state index in [0.29, 0.717) is 45.6 Å².